The van der Waals surface area contributed by atoms with Crippen molar-refractivity contribution in [3.05, 3.63) is 29.3 Å². The van der Waals surface area contributed by atoms with E-state index in [4.69, 9.17) is 0 Å². The van der Waals surface area contributed by atoms with E-state index in [9.17, 15) is 18.0 Å². The molecule has 7 nitrogen and oxygen atoms in total. The van der Waals surface area contributed by atoms with Crippen LogP contribution in [0.3, 0.4) is 0 Å². The van der Waals surface area contributed by atoms with Gasteiger partial charge in [0.15, 0.2) is 0 Å². The first-order valence-corrected chi connectivity index (χ1v) is 9.75. The summed E-state index contributed by atoms with van der Waals surface area (Å²) in [5, 5.41) is 2.47. The summed E-state index contributed by atoms with van der Waals surface area (Å²) in [4.78, 5) is 23.3. The van der Waals surface area contributed by atoms with Crippen molar-refractivity contribution in [3.63, 3.8) is 0 Å². The fourth-order valence-electron chi connectivity index (χ4n) is 2.92. The SMILES string of the molecule is CCOC(=O)C(=O)NC[C@@H]1CCCN1S(=O)(=O)c1cc(C)ccc1C. The molecule has 8 heteroatoms. The van der Waals surface area contributed by atoms with Crippen molar-refractivity contribution in [1.82, 2.24) is 9.62 Å². The van der Waals surface area contributed by atoms with Crippen LogP contribution in [0.15, 0.2) is 23.1 Å². The number of rotatable bonds is 5. The normalized spacial score (nSPS) is 18.1. The lowest BCUT2D eigenvalue weighted by atomic mass is 10.2. The maximum absolute atomic E-state index is 13.0. The zero-order chi connectivity index (χ0) is 18.6. The first-order valence-electron chi connectivity index (χ1n) is 8.31. The Morgan fingerprint density at radius 3 is 2.72 bits per heavy atom. The number of benzene rings is 1. The number of hydrogen-bond acceptors (Lipinski definition) is 5. The molecule has 2 rings (SSSR count). The molecule has 1 fully saturated rings. The van der Waals surface area contributed by atoms with E-state index in [1.165, 1.54) is 4.31 Å². The number of aryl methyl sites for hydroxylation is 2. The lowest BCUT2D eigenvalue weighted by Crippen LogP contribution is -2.45. The quantitative estimate of drug-likeness (QED) is 0.621. The molecule has 1 aliphatic rings. The minimum atomic E-state index is -3.65. The number of nitrogens with zero attached hydrogens (tertiary/aromatic N) is 1. The van der Waals surface area contributed by atoms with Crippen LogP contribution in [0.4, 0.5) is 0 Å². The summed E-state index contributed by atoms with van der Waals surface area (Å²) in [6.45, 7) is 5.82. The lowest BCUT2D eigenvalue weighted by Gasteiger charge is -2.25. The lowest BCUT2D eigenvalue weighted by molar-refractivity contribution is -0.154. The highest BCUT2D eigenvalue weighted by atomic mass is 32.2. The molecule has 0 saturated carbocycles. The Kier molecular flexibility index (Phi) is 6.18. The Labute approximate surface area is 148 Å². The van der Waals surface area contributed by atoms with E-state index < -0.39 is 21.9 Å². The van der Waals surface area contributed by atoms with Crippen LogP contribution in [-0.2, 0) is 24.3 Å². The average molecular weight is 368 g/mol. The van der Waals surface area contributed by atoms with E-state index in [0.29, 0.717) is 24.9 Å². The highest BCUT2D eigenvalue weighted by molar-refractivity contribution is 7.89. The molecule has 0 spiro atoms. The van der Waals surface area contributed by atoms with Gasteiger partial charge in [-0.05, 0) is 50.8 Å². The van der Waals surface area contributed by atoms with Crippen molar-refractivity contribution < 1.29 is 22.7 Å². The highest BCUT2D eigenvalue weighted by Crippen LogP contribution is 2.28. The van der Waals surface area contributed by atoms with E-state index >= 15 is 0 Å². The topological polar surface area (TPSA) is 92.8 Å². The second-order valence-corrected chi connectivity index (χ2v) is 7.97. The minimum absolute atomic E-state index is 0.0851. The number of amides is 1. The third-order valence-corrected chi connectivity index (χ3v) is 6.31. The van der Waals surface area contributed by atoms with Crippen LogP contribution in [0.1, 0.15) is 30.9 Å². The summed E-state index contributed by atoms with van der Waals surface area (Å²) in [7, 11) is -3.65. The molecule has 25 heavy (non-hydrogen) atoms. The summed E-state index contributed by atoms with van der Waals surface area (Å²) < 4.78 is 32.1. The van der Waals surface area contributed by atoms with Gasteiger partial charge in [0.1, 0.15) is 0 Å². The van der Waals surface area contributed by atoms with E-state index in [1.807, 2.05) is 13.0 Å². The zero-order valence-electron chi connectivity index (χ0n) is 14.7. The van der Waals surface area contributed by atoms with Crippen LogP contribution in [0, 0.1) is 13.8 Å². The zero-order valence-corrected chi connectivity index (χ0v) is 15.6. The van der Waals surface area contributed by atoms with Gasteiger partial charge in [-0.1, -0.05) is 12.1 Å². The summed E-state index contributed by atoms with van der Waals surface area (Å²) in [6, 6.07) is 4.95. The standard InChI is InChI=1S/C17H24N2O5S/c1-4-24-17(21)16(20)18-11-14-6-5-9-19(14)25(22,23)15-10-12(2)7-8-13(15)3/h7-8,10,14H,4-6,9,11H2,1-3H3,(H,18,20)/t14-/m0/s1. The van der Waals surface area contributed by atoms with Gasteiger partial charge in [-0.25, -0.2) is 13.2 Å². The molecule has 0 aliphatic carbocycles. The Bertz CT molecular complexity index is 760. The molecule has 1 heterocycles. The summed E-state index contributed by atoms with van der Waals surface area (Å²) >= 11 is 0. The van der Waals surface area contributed by atoms with Gasteiger partial charge in [-0.2, -0.15) is 4.31 Å². The molecule has 1 aliphatic heterocycles. The predicted octanol–water partition coefficient (Wildman–Crippen LogP) is 1.14. The maximum Gasteiger partial charge on any atom is 0.396 e. The number of hydrogen-bond donors (Lipinski definition) is 1. The Morgan fingerprint density at radius 1 is 1.32 bits per heavy atom. The van der Waals surface area contributed by atoms with Gasteiger partial charge in [0.25, 0.3) is 0 Å². The third-order valence-electron chi connectivity index (χ3n) is 4.21. The number of esters is 1. The Morgan fingerprint density at radius 2 is 2.04 bits per heavy atom. The summed E-state index contributed by atoms with van der Waals surface area (Å²) in [6.07, 6.45) is 1.34. The molecule has 1 atom stereocenters. The van der Waals surface area contributed by atoms with Gasteiger partial charge in [0.2, 0.25) is 10.0 Å². The van der Waals surface area contributed by atoms with Crippen molar-refractivity contribution >= 4 is 21.9 Å². The molecule has 0 aromatic heterocycles. The van der Waals surface area contributed by atoms with Crippen LogP contribution in [-0.4, -0.2) is 50.3 Å². The maximum atomic E-state index is 13.0. The summed E-state index contributed by atoms with van der Waals surface area (Å²) in [5.74, 6) is -1.80. The van der Waals surface area contributed by atoms with Crippen molar-refractivity contribution in [2.75, 3.05) is 19.7 Å². The van der Waals surface area contributed by atoms with Gasteiger partial charge < -0.3 is 10.1 Å². The molecule has 0 radical (unpaired) electrons. The second-order valence-electron chi connectivity index (χ2n) is 6.11. The third kappa shape index (κ3) is 4.38. The van der Waals surface area contributed by atoms with E-state index in [1.54, 1.807) is 26.0 Å². The van der Waals surface area contributed by atoms with Gasteiger partial charge >= 0.3 is 11.9 Å². The van der Waals surface area contributed by atoms with Crippen LogP contribution in [0.5, 0.6) is 0 Å². The van der Waals surface area contributed by atoms with E-state index in [0.717, 1.165) is 5.56 Å². The molecule has 0 bridgehead atoms. The molecular formula is C17H24N2O5S. The minimum Gasteiger partial charge on any atom is -0.459 e. The fourth-order valence-corrected chi connectivity index (χ4v) is 4.92. The van der Waals surface area contributed by atoms with Crippen molar-refractivity contribution in [3.8, 4) is 0 Å². The average Bonchev–Trinajstić information content (AvgIpc) is 3.04. The van der Waals surface area contributed by atoms with Gasteiger partial charge in [-0.3, -0.25) is 4.79 Å². The van der Waals surface area contributed by atoms with Crippen molar-refractivity contribution in [2.24, 2.45) is 0 Å². The molecule has 1 aromatic carbocycles. The fraction of sp³-hybridized carbons (Fsp3) is 0.529. The monoisotopic (exact) mass is 368 g/mol. The van der Waals surface area contributed by atoms with Crippen molar-refractivity contribution in [1.29, 1.82) is 0 Å². The van der Waals surface area contributed by atoms with Gasteiger partial charge in [0, 0.05) is 19.1 Å². The molecule has 1 aromatic rings. The van der Waals surface area contributed by atoms with Crippen LogP contribution in [0.25, 0.3) is 0 Å². The van der Waals surface area contributed by atoms with Crippen LogP contribution >= 0.6 is 0 Å². The second kappa shape index (κ2) is 7.97. The summed E-state index contributed by atoms with van der Waals surface area (Å²) in [5.41, 5.74) is 1.56. The van der Waals surface area contributed by atoms with Crippen LogP contribution < -0.4 is 5.32 Å². The number of carbonyl (C=O) groups is 2. The van der Waals surface area contributed by atoms with Gasteiger partial charge in [-0.15, -0.1) is 0 Å². The van der Waals surface area contributed by atoms with Gasteiger partial charge in [0.05, 0.1) is 11.5 Å². The number of sulfonamides is 1. The Balaban J connectivity index is 2.13. The van der Waals surface area contributed by atoms with E-state index in [-0.39, 0.29) is 24.1 Å². The highest BCUT2D eigenvalue weighted by Gasteiger charge is 2.36. The smallest absolute Gasteiger partial charge is 0.396 e. The van der Waals surface area contributed by atoms with Crippen LogP contribution in [0.2, 0.25) is 0 Å². The Hall–Kier alpha value is -1.93. The molecule has 1 N–H and O–H groups in total. The molecule has 1 saturated heterocycles. The van der Waals surface area contributed by atoms with E-state index in [2.05, 4.69) is 10.1 Å². The number of ether oxygens (including phenoxy) is 1. The van der Waals surface area contributed by atoms with Crippen molar-refractivity contribution in [2.45, 2.75) is 44.6 Å². The number of nitrogens with one attached hydrogen (secondary N) is 1. The largest absolute Gasteiger partial charge is 0.459 e. The molecular weight excluding hydrogens is 344 g/mol. The predicted molar refractivity (Wildman–Crippen MR) is 92.5 cm³/mol. The first kappa shape index (κ1) is 19.4. The number of carbonyl (C=O) groups excluding carboxylic acids is 2. The molecule has 1 amide bonds. The molecule has 0 unspecified atom stereocenters. The molecule has 138 valence electrons. The first-order chi connectivity index (χ1) is 11.8.